The second-order valence-electron chi connectivity index (χ2n) is 4.00. The minimum Gasteiger partial charge on any atom is -0.488 e. The molecule has 2 aromatic rings. The van der Waals surface area contributed by atoms with Gasteiger partial charge in [0.2, 0.25) is 0 Å². The van der Waals surface area contributed by atoms with E-state index in [1.165, 1.54) is 18.2 Å². The minimum absolute atomic E-state index is 0.0170. The van der Waals surface area contributed by atoms with Crippen LogP contribution in [0.15, 0.2) is 40.9 Å². The van der Waals surface area contributed by atoms with Crippen LogP contribution in [-0.4, -0.2) is 6.29 Å². The molecule has 0 heterocycles. The van der Waals surface area contributed by atoms with Crippen LogP contribution in [0.4, 0.5) is 4.39 Å². The number of nitrogens with zero attached hydrogens (tertiary/aromatic N) is 1. The van der Waals surface area contributed by atoms with Gasteiger partial charge in [0, 0.05) is 10.0 Å². The molecule has 5 heteroatoms. The second kappa shape index (κ2) is 6.31. The molecule has 0 saturated heterocycles. The summed E-state index contributed by atoms with van der Waals surface area (Å²) in [4.78, 5) is 11.0. The van der Waals surface area contributed by atoms with Crippen LogP contribution >= 0.6 is 15.9 Å². The van der Waals surface area contributed by atoms with Gasteiger partial charge in [0.05, 0.1) is 17.2 Å². The van der Waals surface area contributed by atoms with Crippen LogP contribution in [-0.2, 0) is 6.61 Å². The lowest BCUT2D eigenvalue weighted by atomic mass is 10.1. The maximum absolute atomic E-state index is 13.2. The van der Waals surface area contributed by atoms with Gasteiger partial charge in [-0.05, 0) is 36.4 Å². The lowest BCUT2D eigenvalue weighted by molar-refractivity contribution is 0.111. The number of ether oxygens (including phenoxy) is 1. The standard InChI is InChI=1S/C15H9BrFNO2/c16-13-2-4-15(11(5-13)8-19)20-9-12-6-14(17)3-1-10(12)7-18/h1-6,8H,9H2. The second-order valence-corrected chi connectivity index (χ2v) is 4.92. The van der Waals surface area contributed by atoms with Gasteiger partial charge in [-0.1, -0.05) is 15.9 Å². The van der Waals surface area contributed by atoms with E-state index >= 15 is 0 Å². The fourth-order valence-electron chi connectivity index (χ4n) is 1.69. The van der Waals surface area contributed by atoms with Crippen LogP contribution in [0, 0.1) is 17.1 Å². The highest BCUT2D eigenvalue weighted by molar-refractivity contribution is 9.10. The van der Waals surface area contributed by atoms with Gasteiger partial charge in [0.1, 0.15) is 18.2 Å². The van der Waals surface area contributed by atoms with Crippen molar-refractivity contribution in [3.63, 3.8) is 0 Å². The van der Waals surface area contributed by atoms with Crippen LogP contribution in [0.1, 0.15) is 21.5 Å². The number of halogens is 2. The molecule has 2 aromatic carbocycles. The Morgan fingerprint density at radius 3 is 2.80 bits per heavy atom. The average Bonchev–Trinajstić information content (AvgIpc) is 2.46. The SMILES string of the molecule is N#Cc1ccc(F)cc1COc1ccc(Br)cc1C=O. The first kappa shape index (κ1) is 14.2. The normalized spacial score (nSPS) is 9.85. The van der Waals surface area contributed by atoms with Crippen LogP contribution in [0.25, 0.3) is 0 Å². The third kappa shape index (κ3) is 3.22. The summed E-state index contributed by atoms with van der Waals surface area (Å²) in [7, 11) is 0. The number of carbonyl (C=O) groups excluding carboxylic acids is 1. The summed E-state index contributed by atoms with van der Waals surface area (Å²) >= 11 is 3.26. The highest BCUT2D eigenvalue weighted by atomic mass is 79.9. The van der Waals surface area contributed by atoms with Crippen molar-refractivity contribution in [3.8, 4) is 11.8 Å². The molecule has 3 nitrogen and oxygen atoms in total. The Kier molecular flexibility index (Phi) is 4.49. The molecular weight excluding hydrogens is 325 g/mol. The highest BCUT2D eigenvalue weighted by Gasteiger charge is 2.08. The van der Waals surface area contributed by atoms with Gasteiger partial charge in [-0.25, -0.2) is 4.39 Å². The van der Waals surface area contributed by atoms with E-state index in [0.717, 1.165) is 4.47 Å². The predicted octanol–water partition coefficient (Wildman–Crippen LogP) is 3.85. The van der Waals surface area contributed by atoms with Gasteiger partial charge in [0.25, 0.3) is 0 Å². The molecule has 0 bridgehead atoms. The van der Waals surface area contributed by atoms with Gasteiger partial charge >= 0.3 is 0 Å². The highest BCUT2D eigenvalue weighted by Crippen LogP contribution is 2.23. The molecule has 0 N–H and O–H groups in total. The molecular formula is C15H9BrFNO2. The van der Waals surface area contributed by atoms with E-state index in [9.17, 15) is 9.18 Å². The van der Waals surface area contributed by atoms with E-state index in [-0.39, 0.29) is 6.61 Å². The lowest BCUT2D eigenvalue weighted by Gasteiger charge is -2.10. The maximum atomic E-state index is 13.2. The Morgan fingerprint density at radius 2 is 2.10 bits per heavy atom. The summed E-state index contributed by atoms with van der Waals surface area (Å²) in [6, 6.07) is 10.8. The summed E-state index contributed by atoms with van der Waals surface area (Å²) in [5.41, 5.74) is 1.16. The summed E-state index contributed by atoms with van der Waals surface area (Å²) in [5.74, 6) is -0.0506. The molecule has 0 radical (unpaired) electrons. The van der Waals surface area contributed by atoms with Crippen molar-refractivity contribution >= 4 is 22.2 Å². The largest absolute Gasteiger partial charge is 0.488 e. The van der Waals surface area contributed by atoms with Crippen LogP contribution in [0.3, 0.4) is 0 Å². The monoisotopic (exact) mass is 333 g/mol. The van der Waals surface area contributed by atoms with E-state index in [4.69, 9.17) is 10.00 Å². The van der Waals surface area contributed by atoms with Gasteiger partial charge in [0.15, 0.2) is 6.29 Å². The summed E-state index contributed by atoms with van der Waals surface area (Å²) in [6.07, 6.45) is 0.677. The van der Waals surface area contributed by atoms with E-state index in [2.05, 4.69) is 15.9 Å². The van der Waals surface area contributed by atoms with Gasteiger partial charge in [-0.2, -0.15) is 5.26 Å². The Balaban J connectivity index is 2.23. The van der Waals surface area contributed by atoms with Crippen LogP contribution < -0.4 is 4.74 Å². The van der Waals surface area contributed by atoms with E-state index in [0.29, 0.717) is 28.7 Å². The Labute approximate surface area is 123 Å². The van der Waals surface area contributed by atoms with Crippen molar-refractivity contribution < 1.29 is 13.9 Å². The van der Waals surface area contributed by atoms with Gasteiger partial charge < -0.3 is 4.74 Å². The topological polar surface area (TPSA) is 50.1 Å². The number of hydrogen-bond acceptors (Lipinski definition) is 3. The van der Waals surface area contributed by atoms with Crippen molar-refractivity contribution in [2.75, 3.05) is 0 Å². The molecule has 0 aliphatic rings. The number of benzene rings is 2. The smallest absolute Gasteiger partial charge is 0.153 e. The average molecular weight is 334 g/mol. The van der Waals surface area contributed by atoms with Crippen molar-refractivity contribution in [2.24, 2.45) is 0 Å². The molecule has 0 fully saturated rings. The first-order chi connectivity index (χ1) is 9.63. The molecule has 0 aromatic heterocycles. The van der Waals surface area contributed by atoms with E-state index < -0.39 is 5.82 Å². The number of rotatable bonds is 4. The number of carbonyl (C=O) groups is 1. The molecule has 100 valence electrons. The minimum atomic E-state index is -0.436. The van der Waals surface area contributed by atoms with Gasteiger partial charge in [-0.3, -0.25) is 4.79 Å². The molecule has 0 aliphatic heterocycles. The molecule has 0 spiro atoms. The zero-order valence-electron chi connectivity index (χ0n) is 10.3. The quantitative estimate of drug-likeness (QED) is 0.798. The van der Waals surface area contributed by atoms with Crippen molar-refractivity contribution in [3.05, 3.63) is 63.4 Å². The molecule has 0 atom stereocenters. The molecule has 20 heavy (non-hydrogen) atoms. The van der Waals surface area contributed by atoms with E-state index in [1.54, 1.807) is 18.2 Å². The van der Waals surface area contributed by atoms with Crippen LogP contribution in [0.5, 0.6) is 5.75 Å². The van der Waals surface area contributed by atoms with Crippen molar-refractivity contribution in [1.29, 1.82) is 5.26 Å². The third-order valence-electron chi connectivity index (χ3n) is 2.67. The van der Waals surface area contributed by atoms with Gasteiger partial charge in [-0.15, -0.1) is 0 Å². The zero-order chi connectivity index (χ0) is 14.5. The number of nitriles is 1. The summed E-state index contributed by atoms with van der Waals surface area (Å²) in [5, 5.41) is 8.95. The Hall–Kier alpha value is -2.19. The lowest BCUT2D eigenvalue weighted by Crippen LogP contribution is -2.01. The maximum Gasteiger partial charge on any atom is 0.153 e. The molecule has 0 saturated carbocycles. The van der Waals surface area contributed by atoms with Crippen LogP contribution in [0.2, 0.25) is 0 Å². The third-order valence-corrected chi connectivity index (χ3v) is 3.16. The Morgan fingerprint density at radius 1 is 1.30 bits per heavy atom. The molecule has 2 rings (SSSR count). The molecule has 0 aliphatic carbocycles. The first-order valence-electron chi connectivity index (χ1n) is 5.70. The summed E-state index contributed by atoms with van der Waals surface area (Å²) in [6.45, 7) is 0.0170. The molecule has 0 unspecified atom stereocenters. The predicted molar refractivity (Wildman–Crippen MR) is 75.0 cm³/mol. The van der Waals surface area contributed by atoms with E-state index in [1.807, 2.05) is 6.07 Å². The van der Waals surface area contributed by atoms with Crippen molar-refractivity contribution in [1.82, 2.24) is 0 Å². The molecule has 0 amide bonds. The first-order valence-corrected chi connectivity index (χ1v) is 6.49. The summed E-state index contributed by atoms with van der Waals surface area (Å²) < 4.78 is 19.4. The fourth-order valence-corrected chi connectivity index (χ4v) is 2.07. The number of aldehydes is 1. The fraction of sp³-hybridized carbons (Fsp3) is 0.0667. The Bertz CT molecular complexity index is 695. The number of hydrogen-bond donors (Lipinski definition) is 0. The van der Waals surface area contributed by atoms with Crippen molar-refractivity contribution in [2.45, 2.75) is 6.61 Å². The zero-order valence-corrected chi connectivity index (χ0v) is 11.9.